The molecule has 7 heteroatoms. The Hall–Kier alpha value is -2.51. The van der Waals surface area contributed by atoms with Crippen molar-refractivity contribution in [2.75, 3.05) is 39.5 Å². The monoisotopic (exact) mass is 411 g/mol. The first kappa shape index (κ1) is 21.2. The van der Waals surface area contributed by atoms with Gasteiger partial charge in [-0.25, -0.2) is 9.97 Å². The van der Waals surface area contributed by atoms with Crippen LogP contribution in [0.5, 0.6) is 0 Å². The van der Waals surface area contributed by atoms with Crippen molar-refractivity contribution >= 4 is 33.4 Å². The lowest BCUT2D eigenvalue weighted by molar-refractivity contribution is 0.0963. The van der Waals surface area contributed by atoms with Crippen LogP contribution in [-0.2, 0) is 0 Å². The summed E-state index contributed by atoms with van der Waals surface area (Å²) in [6.07, 6.45) is 1.86. The molecule has 2 N–H and O–H groups in total. The van der Waals surface area contributed by atoms with Gasteiger partial charge < -0.3 is 15.5 Å². The Morgan fingerprint density at radius 1 is 1.24 bits per heavy atom. The lowest BCUT2D eigenvalue weighted by Crippen LogP contribution is -2.34. The van der Waals surface area contributed by atoms with Crippen molar-refractivity contribution in [1.82, 2.24) is 20.2 Å². The molecule has 0 aliphatic heterocycles. The topological polar surface area (TPSA) is 70.2 Å². The number of nitrogens with one attached hydrogen (secondary N) is 2. The molecule has 0 spiro atoms. The van der Waals surface area contributed by atoms with Crippen LogP contribution in [0.2, 0.25) is 0 Å². The van der Waals surface area contributed by atoms with Crippen LogP contribution < -0.4 is 10.6 Å². The molecular weight excluding hydrogens is 382 g/mol. The number of aromatic nitrogens is 2. The van der Waals surface area contributed by atoms with E-state index < -0.39 is 0 Å². The maximum absolute atomic E-state index is 12.0. The number of nitrogens with zero attached hydrogens (tertiary/aromatic N) is 3. The third-order valence-electron chi connectivity index (χ3n) is 4.74. The molecule has 0 aliphatic carbocycles. The normalized spacial score (nSPS) is 11.8. The second-order valence-corrected chi connectivity index (χ2v) is 9.46. The van der Waals surface area contributed by atoms with Gasteiger partial charge in [-0.1, -0.05) is 19.9 Å². The summed E-state index contributed by atoms with van der Waals surface area (Å²) in [6.45, 7) is 8.28. The maximum Gasteiger partial charge on any atom is 0.251 e. The van der Waals surface area contributed by atoms with Gasteiger partial charge in [0.2, 0.25) is 5.95 Å². The Morgan fingerprint density at radius 2 is 2.00 bits per heavy atom. The third kappa shape index (κ3) is 5.10. The highest BCUT2D eigenvalue weighted by atomic mass is 32.1. The lowest BCUT2D eigenvalue weighted by atomic mass is 9.93. The van der Waals surface area contributed by atoms with E-state index in [1.165, 1.54) is 0 Å². The number of aryl methyl sites for hydroxylation is 1. The van der Waals surface area contributed by atoms with Crippen molar-refractivity contribution in [2.24, 2.45) is 5.41 Å². The highest BCUT2D eigenvalue weighted by Crippen LogP contribution is 2.35. The SMILES string of the molecule is CNC(=O)c1ccc(C)c(-c2cc3cnc(NCC(C)(C)CN(C)C)nc3s2)c1. The number of anilines is 1. The van der Waals surface area contributed by atoms with Gasteiger partial charge in [-0.2, -0.15) is 0 Å². The van der Waals surface area contributed by atoms with Crippen molar-refractivity contribution < 1.29 is 4.79 Å². The summed E-state index contributed by atoms with van der Waals surface area (Å²) in [5.74, 6) is 0.563. The summed E-state index contributed by atoms with van der Waals surface area (Å²) in [7, 11) is 5.81. The quantitative estimate of drug-likeness (QED) is 0.614. The molecule has 6 nitrogen and oxygen atoms in total. The second-order valence-electron chi connectivity index (χ2n) is 8.43. The Bertz CT molecular complexity index is 1030. The Balaban J connectivity index is 1.86. The van der Waals surface area contributed by atoms with E-state index in [2.05, 4.69) is 61.5 Å². The first-order valence-corrected chi connectivity index (χ1v) is 10.5. The van der Waals surface area contributed by atoms with Gasteiger partial charge in [0.1, 0.15) is 4.83 Å². The molecule has 0 fully saturated rings. The minimum Gasteiger partial charge on any atom is -0.355 e. The van der Waals surface area contributed by atoms with Crippen molar-refractivity contribution in [3.63, 3.8) is 0 Å². The lowest BCUT2D eigenvalue weighted by Gasteiger charge is -2.28. The molecule has 2 aromatic heterocycles. The predicted octanol–water partition coefficient (Wildman–Crippen LogP) is 4.03. The summed E-state index contributed by atoms with van der Waals surface area (Å²) in [4.78, 5) is 25.4. The fourth-order valence-electron chi connectivity index (χ4n) is 3.45. The first-order chi connectivity index (χ1) is 13.7. The fraction of sp³-hybridized carbons (Fsp3) is 0.409. The van der Waals surface area contributed by atoms with E-state index in [-0.39, 0.29) is 11.3 Å². The van der Waals surface area contributed by atoms with Crippen LogP contribution in [0.25, 0.3) is 20.7 Å². The van der Waals surface area contributed by atoms with E-state index >= 15 is 0 Å². The molecule has 0 bridgehead atoms. The molecule has 0 saturated carbocycles. The van der Waals surface area contributed by atoms with Crippen LogP contribution in [0.4, 0.5) is 5.95 Å². The second kappa shape index (κ2) is 8.47. The summed E-state index contributed by atoms with van der Waals surface area (Å²) in [6, 6.07) is 7.86. The molecular formula is C22H29N5OS. The zero-order chi connectivity index (χ0) is 21.2. The fourth-order valence-corrected chi connectivity index (χ4v) is 4.54. The molecule has 0 unspecified atom stereocenters. The van der Waals surface area contributed by atoms with E-state index in [4.69, 9.17) is 4.98 Å². The minimum absolute atomic E-state index is 0.0843. The van der Waals surface area contributed by atoms with E-state index in [1.54, 1.807) is 18.4 Å². The minimum atomic E-state index is -0.0843. The highest BCUT2D eigenvalue weighted by molar-refractivity contribution is 7.21. The van der Waals surface area contributed by atoms with Gasteiger partial charge in [0.15, 0.2) is 0 Å². The average molecular weight is 412 g/mol. The predicted molar refractivity (Wildman–Crippen MR) is 122 cm³/mol. The van der Waals surface area contributed by atoms with Crippen LogP contribution in [0.1, 0.15) is 29.8 Å². The van der Waals surface area contributed by atoms with Gasteiger partial charge in [-0.3, -0.25) is 4.79 Å². The molecule has 3 aromatic rings. The average Bonchev–Trinajstić information content (AvgIpc) is 3.08. The van der Waals surface area contributed by atoms with E-state index in [0.29, 0.717) is 11.5 Å². The van der Waals surface area contributed by atoms with E-state index in [0.717, 1.165) is 39.3 Å². The molecule has 0 radical (unpaired) electrons. The summed E-state index contributed by atoms with van der Waals surface area (Å²) in [5.41, 5.74) is 2.94. The third-order valence-corrected chi connectivity index (χ3v) is 5.81. The molecule has 29 heavy (non-hydrogen) atoms. The summed E-state index contributed by atoms with van der Waals surface area (Å²) < 4.78 is 0. The summed E-state index contributed by atoms with van der Waals surface area (Å²) >= 11 is 1.62. The molecule has 154 valence electrons. The Morgan fingerprint density at radius 3 is 2.69 bits per heavy atom. The number of hydrogen-bond donors (Lipinski definition) is 2. The van der Waals surface area contributed by atoms with Crippen LogP contribution in [-0.4, -0.2) is 55.0 Å². The van der Waals surface area contributed by atoms with Gasteiger partial charge in [0, 0.05) is 42.2 Å². The number of carbonyl (C=O) groups excluding carboxylic acids is 1. The van der Waals surface area contributed by atoms with Crippen LogP contribution in [0.3, 0.4) is 0 Å². The standard InChI is InChI=1S/C22H29N5OS/c1-14-7-8-15(19(28)23-4)9-17(14)18-10-16-11-24-21(26-20(16)29-18)25-12-22(2,3)13-27(5)6/h7-11H,12-13H2,1-6H3,(H,23,28)(H,24,25,26). The molecule has 0 saturated heterocycles. The van der Waals surface area contributed by atoms with Crippen LogP contribution >= 0.6 is 11.3 Å². The van der Waals surface area contributed by atoms with Gasteiger partial charge in [-0.15, -0.1) is 11.3 Å². The maximum atomic E-state index is 12.0. The van der Waals surface area contributed by atoms with E-state index in [1.807, 2.05) is 24.4 Å². The smallest absolute Gasteiger partial charge is 0.251 e. The van der Waals surface area contributed by atoms with Crippen LogP contribution in [0.15, 0.2) is 30.5 Å². The molecule has 0 atom stereocenters. The number of rotatable bonds is 7. The molecule has 2 heterocycles. The van der Waals surface area contributed by atoms with E-state index in [9.17, 15) is 4.79 Å². The number of fused-ring (bicyclic) bond motifs is 1. The molecule has 3 rings (SSSR count). The van der Waals surface area contributed by atoms with Gasteiger partial charge in [-0.05, 0) is 55.8 Å². The zero-order valence-corrected chi connectivity index (χ0v) is 18.8. The number of benzene rings is 1. The van der Waals surface area contributed by atoms with Crippen molar-refractivity contribution in [3.8, 4) is 10.4 Å². The highest BCUT2D eigenvalue weighted by Gasteiger charge is 2.19. The first-order valence-electron chi connectivity index (χ1n) is 9.67. The number of carbonyl (C=O) groups is 1. The van der Waals surface area contributed by atoms with Gasteiger partial charge in [0.05, 0.1) is 0 Å². The van der Waals surface area contributed by atoms with Crippen molar-refractivity contribution in [2.45, 2.75) is 20.8 Å². The number of thiophene rings is 1. The molecule has 0 aliphatic rings. The Labute approximate surface area is 176 Å². The Kier molecular flexibility index (Phi) is 6.19. The van der Waals surface area contributed by atoms with Gasteiger partial charge >= 0.3 is 0 Å². The largest absolute Gasteiger partial charge is 0.355 e. The number of amides is 1. The zero-order valence-electron chi connectivity index (χ0n) is 18.0. The van der Waals surface area contributed by atoms with Crippen LogP contribution in [0, 0.1) is 12.3 Å². The molecule has 1 aromatic carbocycles. The van der Waals surface area contributed by atoms with Gasteiger partial charge in [0.25, 0.3) is 5.91 Å². The van der Waals surface area contributed by atoms with Crippen molar-refractivity contribution in [1.29, 1.82) is 0 Å². The number of hydrogen-bond acceptors (Lipinski definition) is 6. The summed E-state index contributed by atoms with van der Waals surface area (Å²) in [5, 5.41) is 7.07. The molecule has 1 amide bonds. The van der Waals surface area contributed by atoms with Crippen molar-refractivity contribution in [3.05, 3.63) is 41.6 Å².